The third-order valence-corrected chi connectivity index (χ3v) is 4.32. The molecule has 2 atom stereocenters. The highest BCUT2D eigenvalue weighted by Crippen LogP contribution is 2.37. The van der Waals surface area contributed by atoms with E-state index >= 15 is 0 Å². The molecule has 20 heavy (non-hydrogen) atoms. The highest BCUT2D eigenvalue weighted by atomic mass is 16.3. The Morgan fingerprint density at radius 3 is 2.35 bits per heavy atom. The molecule has 0 saturated carbocycles. The second-order valence-electron chi connectivity index (χ2n) is 5.46. The van der Waals surface area contributed by atoms with Crippen molar-refractivity contribution in [1.82, 2.24) is 0 Å². The van der Waals surface area contributed by atoms with Crippen LogP contribution in [0.25, 0.3) is 0 Å². The number of primary amides is 1. The average molecular weight is 277 g/mol. The zero-order valence-corrected chi connectivity index (χ0v) is 12.6. The van der Waals surface area contributed by atoms with Gasteiger partial charge in [0.1, 0.15) is 0 Å². The maximum absolute atomic E-state index is 12.1. The van der Waals surface area contributed by atoms with Crippen molar-refractivity contribution in [3.8, 4) is 0 Å². The monoisotopic (exact) mass is 277 g/mol. The molecule has 0 bridgehead atoms. The number of hydrogen-bond acceptors (Lipinski definition) is 2. The summed E-state index contributed by atoms with van der Waals surface area (Å²) in [6, 6.07) is 9.47. The number of nitrogens with two attached hydrogens (primary N) is 1. The van der Waals surface area contributed by atoms with E-state index in [-0.39, 0.29) is 12.5 Å². The van der Waals surface area contributed by atoms with E-state index < -0.39 is 11.3 Å². The number of unbranched alkanes of at least 4 members (excludes halogenated alkanes) is 2. The van der Waals surface area contributed by atoms with Crippen LogP contribution in [0.5, 0.6) is 0 Å². The molecule has 0 aromatic heterocycles. The summed E-state index contributed by atoms with van der Waals surface area (Å²) >= 11 is 0. The highest BCUT2D eigenvalue weighted by Gasteiger charge is 2.44. The first-order valence-corrected chi connectivity index (χ1v) is 7.59. The Labute approximate surface area is 122 Å². The fraction of sp³-hybridized carbons (Fsp3) is 0.588. The largest absolute Gasteiger partial charge is 0.395 e. The van der Waals surface area contributed by atoms with E-state index in [0.717, 1.165) is 37.7 Å². The summed E-state index contributed by atoms with van der Waals surface area (Å²) in [5.74, 6) is -0.339. The Morgan fingerprint density at radius 1 is 1.25 bits per heavy atom. The quantitative estimate of drug-likeness (QED) is 0.681. The third kappa shape index (κ3) is 3.40. The molecule has 1 rings (SSSR count). The fourth-order valence-electron chi connectivity index (χ4n) is 3.05. The van der Waals surface area contributed by atoms with Crippen molar-refractivity contribution < 1.29 is 9.90 Å². The van der Waals surface area contributed by atoms with Crippen LogP contribution in [-0.2, 0) is 10.2 Å². The molecule has 0 saturated heterocycles. The van der Waals surface area contributed by atoms with Crippen LogP contribution in [0.2, 0.25) is 0 Å². The van der Waals surface area contributed by atoms with Gasteiger partial charge in [0.05, 0.1) is 12.0 Å². The van der Waals surface area contributed by atoms with Gasteiger partial charge < -0.3 is 10.8 Å². The second kappa shape index (κ2) is 8.05. The maximum Gasteiger partial charge on any atom is 0.230 e. The van der Waals surface area contributed by atoms with Crippen LogP contribution in [0.15, 0.2) is 30.3 Å². The molecule has 1 amide bonds. The summed E-state index contributed by atoms with van der Waals surface area (Å²) in [6.45, 7) is 4.00. The van der Waals surface area contributed by atoms with Gasteiger partial charge in [-0.1, -0.05) is 69.9 Å². The zero-order valence-electron chi connectivity index (χ0n) is 12.6. The van der Waals surface area contributed by atoms with Gasteiger partial charge in [-0.3, -0.25) is 4.79 Å². The first kappa shape index (κ1) is 16.7. The van der Waals surface area contributed by atoms with Crippen molar-refractivity contribution in [2.45, 2.75) is 51.4 Å². The molecule has 3 N–H and O–H groups in total. The lowest BCUT2D eigenvalue weighted by molar-refractivity contribution is -0.127. The Hall–Kier alpha value is -1.35. The molecule has 112 valence electrons. The molecule has 1 aromatic carbocycles. The molecule has 2 unspecified atom stereocenters. The Morgan fingerprint density at radius 2 is 1.90 bits per heavy atom. The topological polar surface area (TPSA) is 63.3 Å². The highest BCUT2D eigenvalue weighted by molar-refractivity contribution is 5.87. The van der Waals surface area contributed by atoms with Crippen molar-refractivity contribution in [2.75, 3.05) is 6.61 Å². The second-order valence-corrected chi connectivity index (χ2v) is 5.46. The number of hydrogen-bond donors (Lipinski definition) is 2. The molecule has 1 aromatic rings. The van der Waals surface area contributed by atoms with Gasteiger partial charge in [0.15, 0.2) is 0 Å². The van der Waals surface area contributed by atoms with Crippen molar-refractivity contribution in [3.63, 3.8) is 0 Å². The molecule has 3 nitrogen and oxygen atoms in total. The Bertz CT molecular complexity index is 405. The SMILES string of the molecule is CCCCCC(CC)C(CO)(C(N)=O)c1ccccc1. The minimum atomic E-state index is -0.955. The van der Waals surface area contributed by atoms with E-state index in [2.05, 4.69) is 13.8 Å². The fourth-order valence-corrected chi connectivity index (χ4v) is 3.05. The first-order valence-electron chi connectivity index (χ1n) is 7.59. The van der Waals surface area contributed by atoms with Crippen LogP contribution in [0.4, 0.5) is 0 Å². The summed E-state index contributed by atoms with van der Waals surface area (Å²) in [5, 5.41) is 9.96. The van der Waals surface area contributed by atoms with Crippen LogP contribution < -0.4 is 5.73 Å². The first-order chi connectivity index (χ1) is 9.63. The normalized spacial score (nSPS) is 15.6. The van der Waals surface area contributed by atoms with Crippen LogP contribution in [0, 0.1) is 5.92 Å². The van der Waals surface area contributed by atoms with Gasteiger partial charge in [0.2, 0.25) is 5.91 Å². The molecule has 3 heteroatoms. The van der Waals surface area contributed by atoms with Gasteiger partial charge in [-0.15, -0.1) is 0 Å². The molecular formula is C17H27NO2. The lowest BCUT2D eigenvalue weighted by atomic mass is 9.67. The summed E-state index contributed by atoms with van der Waals surface area (Å²) in [4.78, 5) is 12.1. The van der Waals surface area contributed by atoms with Crippen molar-refractivity contribution in [1.29, 1.82) is 0 Å². The van der Waals surface area contributed by atoms with E-state index in [1.807, 2.05) is 30.3 Å². The van der Waals surface area contributed by atoms with Gasteiger partial charge in [-0.25, -0.2) is 0 Å². The van der Waals surface area contributed by atoms with Crippen LogP contribution >= 0.6 is 0 Å². The van der Waals surface area contributed by atoms with Gasteiger partial charge in [0.25, 0.3) is 0 Å². The summed E-state index contributed by atoms with van der Waals surface area (Å²) in [6.07, 6.45) is 5.11. The maximum atomic E-state index is 12.1. The molecule has 0 radical (unpaired) electrons. The number of aliphatic hydroxyl groups is 1. The lowest BCUT2D eigenvalue weighted by Gasteiger charge is -2.37. The Kier molecular flexibility index (Phi) is 6.73. The summed E-state index contributed by atoms with van der Waals surface area (Å²) in [5.41, 5.74) is 5.57. The smallest absolute Gasteiger partial charge is 0.230 e. The van der Waals surface area contributed by atoms with Gasteiger partial charge in [-0.05, 0) is 17.9 Å². The molecule has 0 heterocycles. The minimum Gasteiger partial charge on any atom is -0.395 e. The summed E-state index contributed by atoms with van der Waals surface area (Å²) in [7, 11) is 0. The molecular weight excluding hydrogens is 250 g/mol. The van der Waals surface area contributed by atoms with Crippen molar-refractivity contribution in [2.24, 2.45) is 11.7 Å². The minimum absolute atomic E-state index is 0.0824. The standard InChI is InChI=1S/C17H27NO2/c1-3-5-7-10-14(4-2)17(13-19,16(18)20)15-11-8-6-9-12-15/h6,8-9,11-12,14,19H,3-5,7,10,13H2,1-2H3,(H2,18,20). The van der Waals surface area contributed by atoms with Crippen LogP contribution in [0.1, 0.15) is 51.5 Å². The third-order valence-electron chi connectivity index (χ3n) is 4.32. The van der Waals surface area contributed by atoms with E-state index in [0.29, 0.717) is 0 Å². The van der Waals surface area contributed by atoms with E-state index in [9.17, 15) is 9.90 Å². The van der Waals surface area contributed by atoms with E-state index in [4.69, 9.17) is 5.73 Å². The average Bonchev–Trinajstić information content (AvgIpc) is 2.47. The number of benzene rings is 1. The van der Waals surface area contributed by atoms with Gasteiger partial charge in [-0.2, -0.15) is 0 Å². The number of rotatable bonds is 9. The van der Waals surface area contributed by atoms with Crippen LogP contribution in [-0.4, -0.2) is 17.6 Å². The summed E-state index contributed by atoms with van der Waals surface area (Å²) < 4.78 is 0. The van der Waals surface area contributed by atoms with E-state index in [1.54, 1.807) is 0 Å². The molecule has 0 aliphatic rings. The predicted molar refractivity (Wildman–Crippen MR) is 82.3 cm³/mol. The van der Waals surface area contributed by atoms with Gasteiger partial charge in [0, 0.05) is 0 Å². The molecule has 0 aliphatic carbocycles. The number of aliphatic hydroxyl groups excluding tert-OH is 1. The van der Waals surface area contributed by atoms with Crippen LogP contribution in [0.3, 0.4) is 0 Å². The molecule has 0 fully saturated rings. The number of carbonyl (C=O) groups is 1. The van der Waals surface area contributed by atoms with E-state index in [1.165, 1.54) is 0 Å². The zero-order chi connectivity index (χ0) is 15.0. The predicted octanol–water partition coefficient (Wildman–Crippen LogP) is 3.01. The van der Waals surface area contributed by atoms with Crippen molar-refractivity contribution >= 4 is 5.91 Å². The molecule has 0 aliphatic heterocycles. The Balaban J connectivity index is 3.12. The lowest BCUT2D eigenvalue weighted by Crippen LogP contribution is -2.50. The molecule has 0 spiro atoms. The number of carbonyl (C=O) groups excluding carboxylic acids is 1. The number of amides is 1. The van der Waals surface area contributed by atoms with Gasteiger partial charge >= 0.3 is 0 Å². The van der Waals surface area contributed by atoms with Crippen molar-refractivity contribution in [3.05, 3.63) is 35.9 Å².